The molecular weight excluding hydrogens is 306 g/mol. The van der Waals surface area contributed by atoms with Crippen molar-refractivity contribution in [1.82, 2.24) is 5.32 Å². The molecule has 0 aliphatic carbocycles. The molecule has 0 aromatic heterocycles. The van der Waals surface area contributed by atoms with E-state index in [0.717, 1.165) is 6.42 Å². The van der Waals surface area contributed by atoms with Crippen molar-refractivity contribution in [1.29, 1.82) is 0 Å². The van der Waals surface area contributed by atoms with Crippen LogP contribution in [0.1, 0.15) is 33.9 Å². The van der Waals surface area contributed by atoms with Crippen molar-refractivity contribution in [2.75, 3.05) is 6.61 Å². The maximum Gasteiger partial charge on any atom is 0.0939 e. The Bertz CT molecular complexity index is 892. The first-order valence-corrected chi connectivity index (χ1v) is 8.94. The van der Waals surface area contributed by atoms with Gasteiger partial charge in [0.15, 0.2) is 0 Å². The Kier molecular flexibility index (Phi) is 3.47. The minimum Gasteiger partial charge on any atom is -0.374 e. The molecular formula is C23H21NO. The van der Waals surface area contributed by atoms with Crippen LogP contribution >= 0.6 is 0 Å². The zero-order chi connectivity index (χ0) is 16.7. The van der Waals surface area contributed by atoms with Gasteiger partial charge in [0.2, 0.25) is 0 Å². The molecule has 0 saturated carbocycles. The van der Waals surface area contributed by atoms with Gasteiger partial charge in [-0.2, -0.15) is 0 Å². The van der Waals surface area contributed by atoms with Crippen LogP contribution in [0.25, 0.3) is 0 Å². The molecule has 25 heavy (non-hydrogen) atoms. The number of fused-ring (bicyclic) bond motifs is 7. The van der Waals surface area contributed by atoms with Crippen LogP contribution in [-0.4, -0.2) is 6.61 Å². The SMILES string of the molecule is c1ccc(COC[C@]23N[C@H](Cc4ccccc42)c2ccccc23)cc1. The van der Waals surface area contributed by atoms with E-state index in [1.807, 2.05) is 6.07 Å². The molecule has 3 aromatic carbocycles. The van der Waals surface area contributed by atoms with Crippen molar-refractivity contribution in [2.45, 2.75) is 24.6 Å². The summed E-state index contributed by atoms with van der Waals surface area (Å²) in [4.78, 5) is 0. The topological polar surface area (TPSA) is 21.3 Å². The Morgan fingerprint density at radius 1 is 0.840 bits per heavy atom. The molecule has 2 atom stereocenters. The van der Waals surface area contributed by atoms with Gasteiger partial charge in [-0.05, 0) is 34.2 Å². The van der Waals surface area contributed by atoms with Crippen molar-refractivity contribution in [3.63, 3.8) is 0 Å². The first kappa shape index (κ1) is 14.9. The fourth-order valence-electron chi connectivity index (χ4n) is 4.45. The molecule has 1 N–H and O–H groups in total. The average molecular weight is 327 g/mol. The molecule has 2 heteroatoms. The van der Waals surface area contributed by atoms with E-state index in [2.05, 4.69) is 78.1 Å². The maximum absolute atomic E-state index is 6.23. The lowest BCUT2D eigenvalue weighted by Gasteiger charge is -2.37. The molecule has 0 saturated heterocycles. The fraction of sp³-hybridized carbons (Fsp3) is 0.217. The zero-order valence-corrected chi connectivity index (χ0v) is 14.1. The van der Waals surface area contributed by atoms with Gasteiger partial charge < -0.3 is 4.74 Å². The minimum absolute atomic E-state index is 0.231. The van der Waals surface area contributed by atoms with E-state index in [-0.39, 0.29) is 5.54 Å². The standard InChI is InChI=1S/C23H21NO/c1-2-8-17(9-3-1)15-25-16-23-20-12-6-4-10-18(20)14-22(24-23)19-11-5-7-13-21(19)23/h1-13,22,24H,14-16H2/t22-,23+/m1/s1. The Labute approximate surface area is 148 Å². The van der Waals surface area contributed by atoms with E-state index in [4.69, 9.17) is 4.74 Å². The third-order valence-corrected chi connectivity index (χ3v) is 5.55. The maximum atomic E-state index is 6.23. The van der Waals surface area contributed by atoms with Gasteiger partial charge in [0.1, 0.15) is 0 Å². The highest BCUT2D eigenvalue weighted by atomic mass is 16.5. The first-order valence-electron chi connectivity index (χ1n) is 8.94. The van der Waals surface area contributed by atoms with E-state index >= 15 is 0 Å². The van der Waals surface area contributed by atoms with Crippen molar-refractivity contribution >= 4 is 0 Å². The molecule has 2 aliphatic rings. The molecule has 0 fully saturated rings. The van der Waals surface area contributed by atoms with Crippen LogP contribution in [0, 0.1) is 0 Å². The van der Waals surface area contributed by atoms with E-state index in [1.165, 1.54) is 27.8 Å². The summed E-state index contributed by atoms with van der Waals surface area (Å²) in [6.07, 6.45) is 1.05. The largest absolute Gasteiger partial charge is 0.374 e. The second-order valence-corrected chi connectivity index (χ2v) is 7.03. The quantitative estimate of drug-likeness (QED) is 0.769. The minimum atomic E-state index is -0.231. The van der Waals surface area contributed by atoms with E-state index < -0.39 is 0 Å². The fourth-order valence-corrected chi connectivity index (χ4v) is 4.45. The van der Waals surface area contributed by atoms with Crippen LogP contribution in [0.15, 0.2) is 78.9 Å². The number of rotatable bonds is 4. The summed E-state index contributed by atoms with van der Waals surface area (Å²) >= 11 is 0. The molecule has 0 amide bonds. The van der Waals surface area contributed by atoms with Gasteiger partial charge in [-0.3, -0.25) is 5.32 Å². The second-order valence-electron chi connectivity index (χ2n) is 7.03. The molecule has 2 bridgehead atoms. The van der Waals surface area contributed by atoms with Gasteiger partial charge in [0.25, 0.3) is 0 Å². The van der Waals surface area contributed by atoms with E-state index in [9.17, 15) is 0 Å². The van der Waals surface area contributed by atoms with Crippen LogP contribution in [0.4, 0.5) is 0 Å². The Hall–Kier alpha value is -2.42. The first-order chi connectivity index (χ1) is 12.4. The number of hydrogen-bond donors (Lipinski definition) is 1. The number of hydrogen-bond acceptors (Lipinski definition) is 2. The summed E-state index contributed by atoms with van der Waals surface area (Å²) in [7, 11) is 0. The van der Waals surface area contributed by atoms with Crippen molar-refractivity contribution in [3.8, 4) is 0 Å². The molecule has 2 heterocycles. The predicted octanol–water partition coefficient (Wildman–Crippen LogP) is 4.35. The van der Waals surface area contributed by atoms with Crippen molar-refractivity contribution in [2.24, 2.45) is 0 Å². The van der Waals surface area contributed by atoms with E-state index in [0.29, 0.717) is 19.3 Å². The highest BCUT2D eigenvalue weighted by molar-refractivity contribution is 5.55. The van der Waals surface area contributed by atoms with Crippen LogP contribution in [0.5, 0.6) is 0 Å². The van der Waals surface area contributed by atoms with Gasteiger partial charge >= 0.3 is 0 Å². The molecule has 2 nitrogen and oxygen atoms in total. The van der Waals surface area contributed by atoms with Gasteiger partial charge in [0, 0.05) is 6.04 Å². The highest BCUT2D eigenvalue weighted by Crippen LogP contribution is 2.48. The lowest BCUT2D eigenvalue weighted by molar-refractivity contribution is 0.0692. The van der Waals surface area contributed by atoms with Crippen LogP contribution in [0.2, 0.25) is 0 Å². The molecule has 0 spiro atoms. The lowest BCUT2D eigenvalue weighted by Crippen LogP contribution is -2.47. The summed E-state index contributed by atoms with van der Waals surface area (Å²) in [5.41, 5.74) is 6.58. The molecule has 5 rings (SSSR count). The zero-order valence-electron chi connectivity index (χ0n) is 14.1. The summed E-state index contributed by atoms with van der Waals surface area (Å²) < 4.78 is 6.23. The van der Waals surface area contributed by atoms with Gasteiger partial charge in [-0.25, -0.2) is 0 Å². The molecule has 0 radical (unpaired) electrons. The van der Waals surface area contributed by atoms with Gasteiger partial charge in [0.05, 0.1) is 18.8 Å². The van der Waals surface area contributed by atoms with Gasteiger partial charge in [-0.1, -0.05) is 78.9 Å². The molecule has 3 aromatic rings. The lowest BCUT2D eigenvalue weighted by atomic mass is 9.81. The third kappa shape index (κ3) is 2.33. The highest BCUT2D eigenvalue weighted by Gasteiger charge is 2.48. The van der Waals surface area contributed by atoms with Crippen LogP contribution < -0.4 is 5.32 Å². The van der Waals surface area contributed by atoms with Crippen molar-refractivity contribution < 1.29 is 4.74 Å². The second kappa shape index (κ2) is 5.83. The molecule has 2 aliphatic heterocycles. The summed E-state index contributed by atoms with van der Waals surface area (Å²) in [5, 5.41) is 3.89. The number of benzene rings is 3. The molecule has 0 unspecified atom stereocenters. The Morgan fingerprint density at radius 2 is 1.56 bits per heavy atom. The normalized spacial score (nSPS) is 23.1. The smallest absolute Gasteiger partial charge is 0.0939 e. The predicted molar refractivity (Wildman–Crippen MR) is 99.3 cm³/mol. The van der Waals surface area contributed by atoms with E-state index in [1.54, 1.807) is 0 Å². The Morgan fingerprint density at radius 3 is 2.44 bits per heavy atom. The van der Waals surface area contributed by atoms with Gasteiger partial charge in [-0.15, -0.1) is 0 Å². The summed E-state index contributed by atoms with van der Waals surface area (Å²) in [5.74, 6) is 0. The monoisotopic (exact) mass is 327 g/mol. The third-order valence-electron chi connectivity index (χ3n) is 5.55. The molecule has 124 valence electrons. The van der Waals surface area contributed by atoms with Crippen molar-refractivity contribution in [3.05, 3.63) is 107 Å². The number of ether oxygens (including phenoxy) is 1. The van der Waals surface area contributed by atoms with Crippen LogP contribution in [-0.2, 0) is 23.3 Å². The average Bonchev–Trinajstić information content (AvgIpc) is 2.93. The number of nitrogens with one attached hydrogen (secondary N) is 1. The Balaban J connectivity index is 1.52. The summed E-state index contributed by atoms with van der Waals surface area (Å²) in [6.45, 7) is 1.28. The summed E-state index contributed by atoms with van der Waals surface area (Å²) in [6, 6.07) is 28.4. The van der Waals surface area contributed by atoms with Crippen LogP contribution in [0.3, 0.4) is 0 Å².